The molecule has 0 unspecified atom stereocenters. The summed E-state index contributed by atoms with van der Waals surface area (Å²) in [4.78, 5) is 11.7. The second kappa shape index (κ2) is 5.55. The van der Waals surface area contributed by atoms with E-state index in [1.54, 1.807) is 0 Å². The monoisotopic (exact) mass is 309 g/mol. The van der Waals surface area contributed by atoms with E-state index in [1.807, 2.05) is 0 Å². The molecule has 2 aromatic rings. The van der Waals surface area contributed by atoms with Crippen LogP contribution in [0.4, 0.5) is 18.9 Å². The number of rotatable bonds is 2. The normalized spacial score (nSPS) is 10.7. The van der Waals surface area contributed by atoms with E-state index in [4.69, 9.17) is 17.3 Å². The first kappa shape index (κ1) is 16.1. The summed E-state index contributed by atoms with van der Waals surface area (Å²) in [5.74, 6) is -1.13. The predicted octanol–water partition coefficient (Wildman–Crippen LogP) is 2.27. The molecule has 10 heteroatoms. The lowest BCUT2D eigenvalue weighted by Crippen LogP contribution is -2.25. The highest BCUT2D eigenvalue weighted by Crippen LogP contribution is 2.24. The molecule has 0 saturated heterocycles. The average Bonchev–Trinajstić information content (AvgIpc) is 2.59. The largest absolute Gasteiger partial charge is 0.397 e. The van der Waals surface area contributed by atoms with Gasteiger partial charge in [-0.2, -0.15) is 13.5 Å². The van der Waals surface area contributed by atoms with Crippen LogP contribution in [-0.4, -0.2) is 14.3 Å². The van der Waals surface area contributed by atoms with Gasteiger partial charge in [0.05, 0.1) is 10.7 Å². The molecular weight excluding hydrogens is 299 g/mol. The molecule has 2 rings (SSSR count). The fourth-order valence-corrected chi connectivity index (χ4v) is 1.72. The van der Waals surface area contributed by atoms with E-state index in [0.29, 0.717) is 4.68 Å². The lowest BCUT2D eigenvalue weighted by molar-refractivity contribution is 0.0640. The van der Waals surface area contributed by atoms with Gasteiger partial charge in [0.1, 0.15) is 11.5 Å². The maximum atomic E-state index is 13.7. The minimum Gasteiger partial charge on any atom is -0.397 e. The second-order valence-corrected chi connectivity index (χ2v) is 4.12. The van der Waals surface area contributed by atoms with Crippen LogP contribution in [0.1, 0.15) is 12.4 Å². The maximum absolute atomic E-state index is 13.7. The van der Waals surface area contributed by atoms with Gasteiger partial charge >= 0.3 is 12.2 Å². The Balaban J connectivity index is 0.00000200. The number of nitrogen functional groups attached to an aromatic ring is 1. The zero-order valence-corrected chi connectivity index (χ0v) is 11.0. The van der Waals surface area contributed by atoms with Gasteiger partial charge in [0, 0.05) is 0 Å². The molecule has 5 N–H and O–H groups in total. The van der Waals surface area contributed by atoms with Crippen molar-refractivity contribution in [3.63, 3.8) is 0 Å². The van der Waals surface area contributed by atoms with Crippen LogP contribution >= 0.6 is 11.6 Å². The van der Waals surface area contributed by atoms with Gasteiger partial charge < -0.3 is 11.9 Å². The molecule has 1 aromatic carbocycles. The molecule has 1 heterocycles. The summed E-state index contributed by atoms with van der Waals surface area (Å²) >= 11 is 5.60. The molecule has 6 nitrogen and oxygen atoms in total. The molecule has 110 valence electrons. The van der Waals surface area contributed by atoms with E-state index in [-0.39, 0.29) is 32.9 Å². The third kappa shape index (κ3) is 2.49. The van der Waals surface area contributed by atoms with E-state index >= 15 is 0 Å². The van der Waals surface area contributed by atoms with Crippen LogP contribution < -0.4 is 17.6 Å². The molecule has 0 saturated carbocycles. The molecule has 0 amide bonds. The van der Waals surface area contributed by atoms with Gasteiger partial charge in [0.2, 0.25) is 0 Å². The molecule has 20 heavy (non-hydrogen) atoms. The Morgan fingerprint density at radius 3 is 2.50 bits per heavy atom. The minimum absolute atomic E-state index is 0. The number of anilines is 1. The van der Waals surface area contributed by atoms with Crippen molar-refractivity contribution in [3.8, 4) is 5.69 Å². The quantitative estimate of drug-likeness (QED) is 0.831. The summed E-state index contributed by atoms with van der Waals surface area (Å²) in [5, 5.41) is 3.54. The van der Waals surface area contributed by atoms with Gasteiger partial charge in [-0.15, -0.1) is 5.10 Å². The first-order chi connectivity index (χ1) is 8.82. The van der Waals surface area contributed by atoms with E-state index in [2.05, 4.69) is 5.10 Å². The van der Waals surface area contributed by atoms with Crippen molar-refractivity contribution in [2.45, 2.75) is 13.5 Å². The Labute approximate surface area is 116 Å². The molecule has 0 spiro atoms. The van der Waals surface area contributed by atoms with Gasteiger partial charge in [0.25, 0.3) is 0 Å². The zero-order valence-electron chi connectivity index (χ0n) is 10.3. The van der Waals surface area contributed by atoms with Crippen molar-refractivity contribution in [2.75, 3.05) is 5.73 Å². The van der Waals surface area contributed by atoms with E-state index in [9.17, 15) is 18.0 Å². The highest BCUT2D eigenvalue weighted by Gasteiger charge is 2.20. The van der Waals surface area contributed by atoms with Crippen molar-refractivity contribution in [3.05, 3.63) is 39.3 Å². The molecule has 0 aliphatic heterocycles. The van der Waals surface area contributed by atoms with Crippen molar-refractivity contribution < 1.29 is 13.2 Å². The number of aryl methyl sites for hydroxylation is 1. The van der Waals surface area contributed by atoms with Gasteiger partial charge in [-0.25, -0.2) is 13.8 Å². The van der Waals surface area contributed by atoms with Gasteiger partial charge in [-0.05, 0) is 19.1 Å². The number of alkyl halides is 2. The third-order valence-corrected chi connectivity index (χ3v) is 2.80. The molecule has 0 aliphatic rings. The Morgan fingerprint density at radius 1 is 1.40 bits per heavy atom. The summed E-state index contributed by atoms with van der Waals surface area (Å²) in [6.45, 7) is -1.85. The van der Waals surface area contributed by atoms with Crippen LogP contribution in [0.15, 0.2) is 16.9 Å². The smallest absolute Gasteiger partial charge is 0.355 e. The van der Waals surface area contributed by atoms with E-state index in [0.717, 1.165) is 12.1 Å². The van der Waals surface area contributed by atoms with Crippen molar-refractivity contribution >= 4 is 17.3 Å². The molecule has 0 fully saturated rings. The van der Waals surface area contributed by atoms with E-state index < -0.39 is 18.1 Å². The summed E-state index contributed by atoms with van der Waals surface area (Å²) in [6.07, 6.45) is 0. The summed E-state index contributed by atoms with van der Waals surface area (Å²) in [5.41, 5.74) is 4.00. The van der Waals surface area contributed by atoms with Gasteiger partial charge in [0.15, 0.2) is 5.82 Å². The van der Waals surface area contributed by atoms with E-state index in [1.165, 1.54) is 6.92 Å². The number of nitrogens with two attached hydrogens (primary N) is 1. The van der Waals surface area contributed by atoms with Crippen LogP contribution in [0.25, 0.3) is 5.69 Å². The Bertz CT molecular complexity index is 697. The molecule has 0 aliphatic carbocycles. The first-order valence-electron chi connectivity index (χ1n) is 5.04. The highest BCUT2D eigenvalue weighted by atomic mass is 35.5. The standard InChI is InChI=1S/C10H8ClF3N4O.H3N/c1-4-16-18(10(19)17(4)9(13)14)8-3-7(15)5(11)2-6(8)12;/h2-3,9H,15H2,1H3;1H3. The van der Waals surface area contributed by atoms with Crippen molar-refractivity contribution in [1.82, 2.24) is 20.5 Å². The van der Waals surface area contributed by atoms with Crippen molar-refractivity contribution in [1.29, 1.82) is 0 Å². The number of aromatic nitrogens is 3. The number of nitrogens with zero attached hydrogens (tertiary/aromatic N) is 3. The first-order valence-corrected chi connectivity index (χ1v) is 5.42. The number of hydrogen-bond donors (Lipinski definition) is 2. The SMILES string of the molecule is Cc1nn(-c2cc(N)c(Cl)cc2F)c(=O)n1C(F)F.N. The predicted molar refractivity (Wildman–Crippen MR) is 68.2 cm³/mol. The lowest BCUT2D eigenvalue weighted by Gasteiger charge is -2.04. The van der Waals surface area contributed by atoms with Crippen LogP contribution in [0.2, 0.25) is 5.02 Å². The number of hydrogen-bond acceptors (Lipinski definition) is 4. The topological polar surface area (TPSA) is 101 Å². The lowest BCUT2D eigenvalue weighted by atomic mass is 10.2. The Hall–Kier alpha value is -2.00. The van der Waals surface area contributed by atoms with Crippen molar-refractivity contribution in [2.24, 2.45) is 0 Å². The molecular formula is C10H11ClF3N5O. The highest BCUT2D eigenvalue weighted by molar-refractivity contribution is 6.33. The summed E-state index contributed by atoms with van der Waals surface area (Å²) in [7, 11) is 0. The third-order valence-electron chi connectivity index (χ3n) is 2.47. The molecule has 0 atom stereocenters. The van der Waals surface area contributed by atoms with Crippen LogP contribution in [0.5, 0.6) is 0 Å². The zero-order chi connectivity index (χ0) is 14.3. The second-order valence-electron chi connectivity index (χ2n) is 3.71. The minimum atomic E-state index is -3.06. The van der Waals surface area contributed by atoms with Crippen LogP contribution in [0.3, 0.4) is 0 Å². The maximum Gasteiger partial charge on any atom is 0.355 e. The summed E-state index contributed by atoms with van der Waals surface area (Å²) in [6, 6.07) is 1.94. The van der Waals surface area contributed by atoms with Crippen LogP contribution in [-0.2, 0) is 0 Å². The number of halogens is 4. The Kier molecular flexibility index (Phi) is 4.46. The molecule has 1 aromatic heterocycles. The molecule has 0 bridgehead atoms. The fourth-order valence-electron chi connectivity index (χ4n) is 1.57. The van der Waals surface area contributed by atoms with Crippen LogP contribution in [0, 0.1) is 12.7 Å². The van der Waals surface area contributed by atoms with Gasteiger partial charge in [-0.1, -0.05) is 11.6 Å². The van der Waals surface area contributed by atoms with Gasteiger partial charge in [-0.3, -0.25) is 0 Å². The fraction of sp³-hybridized carbons (Fsp3) is 0.200. The number of benzene rings is 1. The Morgan fingerprint density at radius 2 is 2.00 bits per heavy atom. The summed E-state index contributed by atoms with van der Waals surface area (Å²) < 4.78 is 39.6. The average molecular weight is 310 g/mol. The molecule has 0 radical (unpaired) electrons.